The van der Waals surface area contributed by atoms with Crippen molar-refractivity contribution in [1.29, 1.82) is 0 Å². The first-order valence-corrected chi connectivity index (χ1v) is 8.49. The van der Waals surface area contributed by atoms with Gasteiger partial charge in [0.05, 0.1) is 5.69 Å². The highest BCUT2D eigenvalue weighted by Crippen LogP contribution is 2.38. The van der Waals surface area contributed by atoms with E-state index < -0.39 is 0 Å². The summed E-state index contributed by atoms with van der Waals surface area (Å²) in [7, 11) is 0. The minimum Gasteiger partial charge on any atom is -0.461 e. The molecule has 120 valence electrons. The van der Waals surface area contributed by atoms with Gasteiger partial charge < -0.3 is 4.42 Å². The maximum Gasteiger partial charge on any atom is 0.138 e. The fraction of sp³-hybridized carbons (Fsp3) is 0.0870. The van der Waals surface area contributed by atoms with Gasteiger partial charge in [0.15, 0.2) is 0 Å². The van der Waals surface area contributed by atoms with E-state index in [4.69, 9.17) is 9.40 Å². The van der Waals surface area contributed by atoms with Crippen LogP contribution in [0.25, 0.3) is 43.8 Å². The lowest BCUT2D eigenvalue weighted by atomic mass is 9.94. The maximum atomic E-state index is 5.92. The Labute approximate surface area is 145 Å². The molecule has 2 nitrogen and oxygen atoms in total. The molecule has 2 heteroatoms. The van der Waals surface area contributed by atoms with Crippen molar-refractivity contribution in [2.45, 2.75) is 13.8 Å². The number of benzene rings is 3. The highest BCUT2D eigenvalue weighted by Gasteiger charge is 2.16. The van der Waals surface area contributed by atoms with Crippen molar-refractivity contribution in [2.75, 3.05) is 0 Å². The topological polar surface area (TPSA) is 26.0 Å². The number of furan rings is 1. The van der Waals surface area contributed by atoms with Crippen molar-refractivity contribution in [1.82, 2.24) is 4.98 Å². The monoisotopic (exact) mass is 323 g/mol. The van der Waals surface area contributed by atoms with E-state index in [1.54, 1.807) is 0 Å². The predicted molar refractivity (Wildman–Crippen MR) is 104 cm³/mol. The van der Waals surface area contributed by atoms with Crippen molar-refractivity contribution in [2.24, 2.45) is 0 Å². The Kier molecular flexibility index (Phi) is 2.95. The van der Waals surface area contributed by atoms with Gasteiger partial charge in [-0.2, -0.15) is 0 Å². The number of fused-ring (bicyclic) bond motifs is 4. The van der Waals surface area contributed by atoms with Gasteiger partial charge in [-0.3, -0.25) is 4.98 Å². The molecular weight excluding hydrogens is 306 g/mol. The molecule has 0 atom stereocenters. The van der Waals surface area contributed by atoms with E-state index in [-0.39, 0.29) is 0 Å². The van der Waals surface area contributed by atoms with Crippen molar-refractivity contribution in [3.63, 3.8) is 0 Å². The number of nitrogens with zero attached hydrogens (tertiary/aromatic N) is 1. The molecule has 0 spiro atoms. The lowest BCUT2D eigenvalue weighted by Gasteiger charge is -2.11. The van der Waals surface area contributed by atoms with Crippen molar-refractivity contribution >= 4 is 32.5 Å². The SMILES string of the molecule is Cc1oc2ccnc(-c3cc4ccccc4c4ccccc34)c2c1C. The molecule has 0 amide bonds. The van der Waals surface area contributed by atoms with Crippen molar-refractivity contribution in [3.05, 3.63) is 78.2 Å². The second-order valence-electron chi connectivity index (χ2n) is 6.51. The van der Waals surface area contributed by atoms with E-state index in [2.05, 4.69) is 61.5 Å². The molecule has 2 aromatic heterocycles. The molecule has 0 saturated heterocycles. The molecule has 5 aromatic rings. The summed E-state index contributed by atoms with van der Waals surface area (Å²) in [5.41, 5.74) is 4.21. The van der Waals surface area contributed by atoms with E-state index in [1.807, 2.05) is 19.2 Å². The molecule has 0 N–H and O–H groups in total. The fourth-order valence-corrected chi connectivity index (χ4v) is 3.76. The lowest BCUT2D eigenvalue weighted by molar-refractivity contribution is 0.575. The Balaban J connectivity index is 1.99. The normalized spacial score (nSPS) is 11.6. The first kappa shape index (κ1) is 14.2. The van der Waals surface area contributed by atoms with E-state index >= 15 is 0 Å². The van der Waals surface area contributed by atoms with E-state index in [1.165, 1.54) is 21.5 Å². The highest BCUT2D eigenvalue weighted by atomic mass is 16.3. The number of hydrogen-bond donors (Lipinski definition) is 0. The average molecular weight is 323 g/mol. The molecule has 0 aliphatic heterocycles. The van der Waals surface area contributed by atoms with E-state index in [0.717, 1.165) is 33.6 Å². The lowest BCUT2D eigenvalue weighted by Crippen LogP contribution is -1.89. The molecule has 2 heterocycles. The summed E-state index contributed by atoms with van der Waals surface area (Å²) in [6, 6.07) is 21.3. The third kappa shape index (κ3) is 2.01. The maximum absolute atomic E-state index is 5.92. The molecule has 0 aliphatic rings. The fourth-order valence-electron chi connectivity index (χ4n) is 3.76. The van der Waals surface area contributed by atoms with Gasteiger partial charge in [0.2, 0.25) is 0 Å². The third-order valence-corrected chi connectivity index (χ3v) is 5.10. The summed E-state index contributed by atoms with van der Waals surface area (Å²) < 4.78 is 5.92. The van der Waals surface area contributed by atoms with Gasteiger partial charge in [0.1, 0.15) is 11.3 Å². The van der Waals surface area contributed by atoms with E-state index in [9.17, 15) is 0 Å². The summed E-state index contributed by atoms with van der Waals surface area (Å²) in [5.74, 6) is 0.953. The van der Waals surface area contributed by atoms with Crippen LogP contribution in [0.5, 0.6) is 0 Å². The van der Waals surface area contributed by atoms with Crippen LogP contribution in [0, 0.1) is 13.8 Å². The number of aromatic nitrogens is 1. The van der Waals surface area contributed by atoms with Crippen LogP contribution in [0.4, 0.5) is 0 Å². The molecule has 0 unspecified atom stereocenters. The van der Waals surface area contributed by atoms with Crippen LogP contribution in [0.1, 0.15) is 11.3 Å². The van der Waals surface area contributed by atoms with Gasteiger partial charge in [-0.1, -0.05) is 48.5 Å². The molecular formula is C23H17NO. The second-order valence-corrected chi connectivity index (χ2v) is 6.51. The van der Waals surface area contributed by atoms with E-state index in [0.29, 0.717) is 0 Å². The quantitative estimate of drug-likeness (QED) is 0.333. The van der Waals surface area contributed by atoms with Crippen LogP contribution in [0.3, 0.4) is 0 Å². The minimum absolute atomic E-state index is 0.900. The Hall–Kier alpha value is -3.13. The van der Waals surface area contributed by atoms with Gasteiger partial charge in [-0.25, -0.2) is 0 Å². The van der Waals surface area contributed by atoms with Gasteiger partial charge >= 0.3 is 0 Å². The molecule has 25 heavy (non-hydrogen) atoms. The highest BCUT2D eigenvalue weighted by molar-refractivity contribution is 6.15. The number of aryl methyl sites for hydroxylation is 2. The van der Waals surface area contributed by atoms with Gasteiger partial charge in [0.25, 0.3) is 0 Å². The Morgan fingerprint density at radius 3 is 2.36 bits per heavy atom. The number of hydrogen-bond acceptors (Lipinski definition) is 2. The van der Waals surface area contributed by atoms with Crippen LogP contribution in [-0.4, -0.2) is 4.98 Å². The summed E-state index contributed by atoms with van der Waals surface area (Å²) in [4.78, 5) is 4.75. The van der Waals surface area contributed by atoms with Crippen molar-refractivity contribution < 1.29 is 4.42 Å². The first-order valence-electron chi connectivity index (χ1n) is 8.49. The summed E-state index contributed by atoms with van der Waals surface area (Å²) in [5, 5.41) is 6.09. The zero-order valence-corrected chi connectivity index (χ0v) is 14.2. The Morgan fingerprint density at radius 2 is 1.52 bits per heavy atom. The molecule has 0 aliphatic carbocycles. The summed E-state index contributed by atoms with van der Waals surface area (Å²) in [6.07, 6.45) is 1.84. The minimum atomic E-state index is 0.900. The van der Waals surface area contributed by atoms with Gasteiger partial charge in [-0.05, 0) is 47.5 Å². The zero-order valence-electron chi connectivity index (χ0n) is 14.2. The largest absolute Gasteiger partial charge is 0.461 e. The standard InChI is InChI=1S/C23H17NO/c1-14-15(2)25-21-11-12-24-23(22(14)21)20-13-16-7-3-4-8-17(16)18-9-5-6-10-19(18)20/h3-13H,1-2H3. The molecule has 0 bridgehead atoms. The van der Waals surface area contributed by atoms with Crippen LogP contribution in [-0.2, 0) is 0 Å². The zero-order chi connectivity index (χ0) is 17.0. The third-order valence-electron chi connectivity index (χ3n) is 5.10. The van der Waals surface area contributed by atoms with Crippen LogP contribution in [0.2, 0.25) is 0 Å². The van der Waals surface area contributed by atoms with Crippen LogP contribution >= 0.6 is 0 Å². The second kappa shape index (κ2) is 5.18. The van der Waals surface area contributed by atoms with Crippen LogP contribution in [0.15, 0.2) is 71.3 Å². The van der Waals surface area contributed by atoms with Gasteiger partial charge in [0, 0.05) is 22.7 Å². The summed E-state index contributed by atoms with van der Waals surface area (Å²) >= 11 is 0. The first-order chi connectivity index (χ1) is 12.2. The molecule has 0 fully saturated rings. The smallest absolute Gasteiger partial charge is 0.138 e. The van der Waals surface area contributed by atoms with Crippen molar-refractivity contribution in [3.8, 4) is 11.3 Å². The average Bonchev–Trinajstić information content (AvgIpc) is 2.95. The predicted octanol–water partition coefficient (Wildman–Crippen LogP) is 6.42. The Morgan fingerprint density at radius 1 is 0.800 bits per heavy atom. The molecule has 5 rings (SSSR count). The Bertz CT molecular complexity index is 1260. The van der Waals surface area contributed by atoms with Crippen LogP contribution < -0.4 is 0 Å². The molecule has 0 saturated carbocycles. The summed E-state index contributed by atoms with van der Waals surface area (Å²) in [6.45, 7) is 4.12. The molecule has 0 radical (unpaired) electrons. The number of pyridine rings is 1. The molecule has 3 aromatic carbocycles. The van der Waals surface area contributed by atoms with Gasteiger partial charge in [-0.15, -0.1) is 0 Å². The number of rotatable bonds is 1.